The van der Waals surface area contributed by atoms with Gasteiger partial charge in [-0.2, -0.15) is 0 Å². The number of rotatable bonds is 1. The van der Waals surface area contributed by atoms with Gasteiger partial charge in [0.25, 0.3) is 5.91 Å². The fraction of sp³-hybridized carbons (Fsp3) is 0.0909. The number of amides is 1. The number of carbonyl (C=O) groups excluding carboxylic acids is 1. The van der Waals surface area contributed by atoms with Crippen molar-refractivity contribution in [2.24, 2.45) is 0 Å². The van der Waals surface area contributed by atoms with Crippen LogP contribution in [-0.2, 0) is 4.79 Å². The van der Waals surface area contributed by atoms with E-state index in [-0.39, 0.29) is 12.5 Å². The van der Waals surface area contributed by atoms with Gasteiger partial charge in [-0.05, 0) is 18.2 Å². The van der Waals surface area contributed by atoms with Crippen molar-refractivity contribution >= 4 is 34.5 Å². The Bertz CT molecular complexity index is 597. The quantitative estimate of drug-likeness (QED) is 0.863. The zero-order chi connectivity index (χ0) is 11.8. The number of nitrogens with one attached hydrogen (secondary N) is 1. The maximum atomic E-state index is 11.2. The molecule has 1 aliphatic heterocycles. The Kier molecular flexibility index (Phi) is 2.49. The lowest BCUT2D eigenvalue weighted by Gasteiger charge is -2.18. The van der Waals surface area contributed by atoms with Gasteiger partial charge in [-0.25, -0.2) is 4.98 Å². The van der Waals surface area contributed by atoms with Crippen molar-refractivity contribution in [2.45, 2.75) is 0 Å². The summed E-state index contributed by atoms with van der Waals surface area (Å²) in [6.45, 7) is 0.0649. The van der Waals surface area contributed by atoms with Crippen molar-refractivity contribution < 1.29 is 9.53 Å². The Hall–Kier alpha value is -1.59. The molecule has 1 aromatic carbocycles. The van der Waals surface area contributed by atoms with Crippen LogP contribution in [0.4, 0.5) is 5.69 Å². The largest absolute Gasteiger partial charge is 0.482 e. The van der Waals surface area contributed by atoms with Gasteiger partial charge < -0.3 is 10.1 Å². The molecule has 2 aromatic rings. The van der Waals surface area contributed by atoms with E-state index in [4.69, 9.17) is 16.3 Å². The SMILES string of the molecule is O=C1COc2ccc(-c3nc(Cl)cs3)cc2N1. The second kappa shape index (κ2) is 4.01. The molecule has 1 aliphatic rings. The number of hydrogen-bond acceptors (Lipinski definition) is 4. The fourth-order valence-corrected chi connectivity index (χ4v) is 2.55. The van der Waals surface area contributed by atoms with Gasteiger partial charge >= 0.3 is 0 Å². The van der Waals surface area contributed by atoms with Crippen LogP contribution in [0.5, 0.6) is 5.75 Å². The van der Waals surface area contributed by atoms with Crippen molar-refractivity contribution in [3.63, 3.8) is 0 Å². The van der Waals surface area contributed by atoms with Crippen molar-refractivity contribution in [3.8, 4) is 16.3 Å². The monoisotopic (exact) mass is 266 g/mol. The van der Waals surface area contributed by atoms with Crippen LogP contribution >= 0.6 is 22.9 Å². The normalized spacial score (nSPS) is 13.8. The molecule has 2 heterocycles. The molecule has 1 N–H and O–H groups in total. The van der Waals surface area contributed by atoms with Crippen LogP contribution in [0.15, 0.2) is 23.6 Å². The molecular formula is C11H7ClN2O2S. The maximum absolute atomic E-state index is 11.2. The van der Waals surface area contributed by atoms with E-state index in [9.17, 15) is 4.79 Å². The molecule has 1 aromatic heterocycles. The molecule has 17 heavy (non-hydrogen) atoms. The third kappa shape index (κ3) is 1.99. The highest BCUT2D eigenvalue weighted by Crippen LogP contribution is 2.34. The Morgan fingerprint density at radius 2 is 2.35 bits per heavy atom. The number of aromatic nitrogens is 1. The minimum atomic E-state index is -0.146. The van der Waals surface area contributed by atoms with Crippen LogP contribution in [0.2, 0.25) is 5.15 Å². The Morgan fingerprint density at radius 1 is 1.47 bits per heavy atom. The summed E-state index contributed by atoms with van der Waals surface area (Å²) >= 11 is 7.24. The average molecular weight is 267 g/mol. The third-order valence-corrected chi connectivity index (χ3v) is 3.55. The van der Waals surface area contributed by atoms with Crippen LogP contribution in [-0.4, -0.2) is 17.5 Å². The second-order valence-corrected chi connectivity index (χ2v) is 4.77. The Balaban J connectivity index is 2.03. The molecule has 4 nitrogen and oxygen atoms in total. The predicted octanol–water partition coefficient (Wildman–Crippen LogP) is 2.79. The van der Waals surface area contributed by atoms with E-state index >= 15 is 0 Å². The summed E-state index contributed by atoms with van der Waals surface area (Å²) in [4.78, 5) is 15.4. The number of halogens is 1. The molecule has 0 radical (unpaired) electrons. The van der Waals surface area contributed by atoms with Gasteiger partial charge in [0.2, 0.25) is 0 Å². The molecule has 0 unspecified atom stereocenters. The number of benzene rings is 1. The van der Waals surface area contributed by atoms with Crippen molar-refractivity contribution in [3.05, 3.63) is 28.7 Å². The van der Waals surface area contributed by atoms with E-state index in [1.54, 1.807) is 5.38 Å². The Morgan fingerprint density at radius 3 is 3.12 bits per heavy atom. The number of hydrogen-bond donors (Lipinski definition) is 1. The lowest BCUT2D eigenvalue weighted by atomic mass is 10.2. The first kappa shape index (κ1) is 10.6. The van der Waals surface area contributed by atoms with E-state index < -0.39 is 0 Å². The number of fused-ring (bicyclic) bond motifs is 1. The number of thiazole rings is 1. The molecule has 3 rings (SSSR count). The highest BCUT2D eigenvalue weighted by Gasteiger charge is 2.16. The number of anilines is 1. The van der Waals surface area contributed by atoms with Gasteiger partial charge in [0.15, 0.2) is 6.61 Å². The highest BCUT2D eigenvalue weighted by molar-refractivity contribution is 7.13. The Labute approximate surface area is 106 Å². The van der Waals surface area contributed by atoms with Gasteiger partial charge in [0, 0.05) is 10.9 Å². The fourth-order valence-electron chi connectivity index (χ4n) is 1.60. The van der Waals surface area contributed by atoms with Crippen molar-refractivity contribution in [2.75, 3.05) is 11.9 Å². The van der Waals surface area contributed by atoms with Gasteiger partial charge in [-0.1, -0.05) is 11.6 Å². The summed E-state index contributed by atoms with van der Waals surface area (Å²) < 4.78 is 5.28. The first-order valence-electron chi connectivity index (χ1n) is 4.90. The van der Waals surface area contributed by atoms with E-state index in [2.05, 4.69) is 10.3 Å². The van der Waals surface area contributed by atoms with Crippen LogP contribution in [0.3, 0.4) is 0 Å². The van der Waals surface area contributed by atoms with Crippen LogP contribution in [0.1, 0.15) is 0 Å². The highest BCUT2D eigenvalue weighted by atomic mass is 35.5. The van der Waals surface area contributed by atoms with Gasteiger partial charge in [-0.15, -0.1) is 11.3 Å². The predicted molar refractivity (Wildman–Crippen MR) is 66.7 cm³/mol. The molecule has 0 atom stereocenters. The third-order valence-electron chi connectivity index (χ3n) is 2.34. The smallest absolute Gasteiger partial charge is 0.262 e. The second-order valence-electron chi connectivity index (χ2n) is 3.52. The van der Waals surface area contributed by atoms with Crippen LogP contribution in [0.25, 0.3) is 10.6 Å². The number of carbonyl (C=O) groups is 1. The molecule has 6 heteroatoms. The molecule has 86 valence electrons. The van der Waals surface area contributed by atoms with Crippen molar-refractivity contribution in [1.29, 1.82) is 0 Å². The van der Waals surface area contributed by atoms with Gasteiger partial charge in [-0.3, -0.25) is 4.79 Å². The molecule has 0 aliphatic carbocycles. The molecule has 0 saturated carbocycles. The molecule has 0 saturated heterocycles. The number of nitrogens with zero attached hydrogens (tertiary/aromatic N) is 1. The molecule has 0 bridgehead atoms. The molecule has 1 amide bonds. The summed E-state index contributed by atoms with van der Waals surface area (Å²) in [7, 11) is 0. The summed E-state index contributed by atoms with van der Waals surface area (Å²) in [6.07, 6.45) is 0. The molecule has 0 spiro atoms. The van der Waals surface area contributed by atoms with Crippen molar-refractivity contribution in [1.82, 2.24) is 4.98 Å². The minimum Gasteiger partial charge on any atom is -0.482 e. The maximum Gasteiger partial charge on any atom is 0.262 e. The van der Waals surface area contributed by atoms with Gasteiger partial charge in [0.05, 0.1) is 5.69 Å². The zero-order valence-electron chi connectivity index (χ0n) is 8.57. The molecule has 0 fully saturated rings. The number of ether oxygens (including phenoxy) is 1. The topological polar surface area (TPSA) is 51.2 Å². The first-order chi connectivity index (χ1) is 8.22. The zero-order valence-corrected chi connectivity index (χ0v) is 10.1. The summed E-state index contributed by atoms with van der Waals surface area (Å²) in [5.74, 6) is 0.530. The molecular weight excluding hydrogens is 260 g/mol. The van der Waals surface area contributed by atoms with Gasteiger partial charge in [0.1, 0.15) is 15.9 Å². The summed E-state index contributed by atoms with van der Waals surface area (Å²) in [5, 5.41) is 5.82. The van der Waals surface area contributed by atoms with E-state index in [1.807, 2.05) is 18.2 Å². The summed E-state index contributed by atoms with van der Waals surface area (Å²) in [6, 6.07) is 5.55. The lowest BCUT2D eigenvalue weighted by Crippen LogP contribution is -2.25. The van der Waals surface area contributed by atoms with Crippen LogP contribution < -0.4 is 10.1 Å². The standard InChI is InChI=1S/C11H7ClN2O2S/c12-9-5-17-11(14-9)6-1-2-8-7(3-6)13-10(15)4-16-8/h1-3,5H,4H2,(H,13,15). The van der Waals surface area contributed by atoms with E-state index in [0.29, 0.717) is 16.6 Å². The first-order valence-corrected chi connectivity index (χ1v) is 6.16. The van der Waals surface area contributed by atoms with E-state index in [1.165, 1.54) is 11.3 Å². The lowest BCUT2D eigenvalue weighted by molar-refractivity contribution is -0.118. The summed E-state index contributed by atoms with van der Waals surface area (Å²) in [5.41, 5.74) is 1.58. The van der Waals surface area contributed by atoms with Crippen LogP contribution in [0, 0.1) is 0 Å². The average Bonchev–Trinajstić information content (AvgIpc) is 2.75. The minimum absolute atomic E-state index is 0.0649. The van der Waals surface area contributed by atoms with E-state index in [0.717, 1.165) is 10.6 Å².